The van der Waals surface area contributed by atoms with E-state index in [1.807, 2.05) is 12.1 Å². The second-order valence-electron chi connectivity index (χ2n) is 6.59. The van der Waals surface area contributed by atoms with Crippen LogP contribution >= 0.6 is 35.6 Å². The van der Waals surface area contributed by atoms with Crippen molar-refractivity contribution in [2.75, 3.05) is 58.3 Å². The second-order valence-corrected chi connectivity index (χ2v) is 7.00. The van der Waals surface area contributed by atoms with Crippen LogP contribution in [-0.4, -0.2) is 81.4 Å². The molecule has 146 valence electrons. The third kappa shape index (κ3) is 5.83. The van der Waals surface area contributed by atoms with Gasteiger partial charge in [-0.2, -0.15) is 0 Å². The average molecular weight is 495 g/mol. The summed E-state index contributed by atoms with van der Waals surface area (Å²) < 4.78 is 5.78. The molecule has 26 heavy (non-hydrogen) atoms. The number of nitrogens with one attached hydrogen (secondary N) is 2. The molecule has 2 unspecified atom stereocenters. The normalized spacial score (nSPS) is 24.3. The lowest BCUT2D eigenvalue weighted by Gasteiger charge is -2.30. The van der Waals surface area contributed by atoms with Crippen LogP contribution in [-0.2, 0) is 4.74 Å². The van der Waals surface area contributed by atoms with Crippen LogP contribution in [0.3, 0.4) is 0 Å². The van der Waals surface area contributed by atoms with Crippen molar-refractivity contribution in [2.24, 2.45) is 4.99 Å². The molecule has 9 heteroatoms. The first-order chi connectivity index (χ1) is 12.2. The van der Waals surface area contributed by atoms with Gasteiger partial charge in [-0.1, -0.05) is 11.6 Å². The van der Waals surface area contributed by atoms with Crippen molar-refractivity contribution < 1.29 is 4.74 Å². The highest BCUT2D eigenvalue weighted by atomic mass is 127. The molecule has 0 aliphatic carbocycles. The Hall–Kier alpha value is -0.840. The number of hydrogen-bond donors (Lipinski definition) is 2. The molecule has 3 heterocycles. The molecule has 0 bridgehead atoms. The largest absolute Gasteiger partial charge is 0.374 e. The maximum atomic E-state index is 6.25. The number of aromatic nitrogens is 1. The Morgan fingerprint density at radius 2 is 2.27 bits per heavy atom. The van der Waals surface area contributed by atoms with Gasteiger partial charge in [0.1, 0.15) is 5.82 Å². The van der Waals surface area contributed by atoms with Crippen molar-refractivity contribution in [1.82, 2.24) is 20.5 Å². The highest BCUT2D eigenvalue weighted by Crippen LogP contribution is 2.25. The van der Waals surface area contributed by atoms with Gasteiger partial charge in [0.15, 0.2) is 5.96 Å². The summed E-state index contributed by atoms with van der Waals surface area (Å²) in [6.07, 6.45) is 3.00. The van der Waals surface area contributed by atoms with Crippen LogP contribution in [0, 0.1) is 0 Å². The summed E-state index contributed by atoms with van der Waals surface area (Å²) in [4.78, 5) is 13.2. The summed E-state index contributed by atoms with van der Waals surface area (Å²) in [6, 6.07) is 4.06. The SMILES string of the molecule is CN=C(NCC1CN(C)CCO1)NC1CCN(c2ncccc2Cl)C1.I. The molecule has 2 aliphatic heterocycles. The molecule has 2 fully saturated rings. The van der Waals surface area contributed by atoms with Crippen LogP contribution in [0.5, 0.6) is 0 Å². The first-order valence-corrected chi connectivity index (χ1v) is 9.16. The van der Waals surface area contributed by atoms with E-state index in [9.17, 15) is 0 Å². The molecule has 0 aromatic carbocycles. The van der Waals surface area contributed by atoms with Gasteiger partial charge in [0.05, 0.1) is 17.7 Å². The minimum absolute atomic E-state index is 0. The highest BCUT2D eigenvalue weighted by molar-refractivity contribution is 14.0. The van der Waals surface area contributed by atoms with E-state index in [0.717, 1.165) is 57.5 Å². The Morgan fingerprint density at radius 3 is 3.00 bits per heavy atom. The van der Waals surface area contributed by atoms with E-state index in [0.29, 0.717) is 11.1 Å². The topological polar surface area (TPSA) is 65.0 Å². The fourth-order valence-electron chi connectivity index (χ4n) is 3.27. The lowest BCUT2D eigenvalue weighted by molar-refractivity contribution is -0.0161. The van der Waals surface area contributed by atoms with E-state index in [-0.39, 0.29) is 30.1 Å². The number of halogens is 2. The molecule has 0 spiro atoms. The van der Waals surface area contributed by atoms with Crippen molar-refractivity contribution in [2.45, 2.75) is 18.6 Å². The number of morpholine rings is 1. The number of nitrogens with zero attached hydrogens (tertiary/aromatic N) is 4. The van der Waals surface area contributed by atoms with E-state index < -0.39 is 0 Å². The first kappa shape index (κ1) is 21.5. The molecule has 0 radical (unpaired) electrons. The average Bonchev–Trinajstić information content (AvgIpc) is 3.07. The molecule has 2 aliphatic rings. The van der Waals surface area contributed by atoms with Gasteiger partial charge in [-0.25, -0.2) is 4.98 Å². The van der Waals surface area contributed by atoms with Gasteiger partial charge in [0, 0.05) is 52.0 Å². The van der Waals surface area contributed by atoms with Crippen molar-refractivity contribution in [3.63, 3.8) is 0 Å². The summed E-state index contributed by atoms with van der Waals surface area (Å²) in [5.74, 6) is 1.67. The van der Waals surface area contributed by atoms with E-state index >= 15 is 0 Å². The van der Waals surface area contributed by atoms with Crippen LogP contribution in [0.25, 0.3) is 0 Å². The Morgan fingerprint density at radius 1 is 1.42 bits per heavy atom. The lowest BCUT2D eigenvalue weighted by atomic mass is 10.2. The van der Waals surface area contributed by atoms with Crippen LogP contribution < -0.4 is 15.5 Å². The minimum atomic E-state index is 0. The summed E-state index contributed by atoms with van der Waals surface area (Å²) >= 11 is 6.25. The van der Waals surface area contributed by atoms with E-state index in [1.165, 1.54) is 0 Å². The van der Waals surface area contributed by atoms with Gasteiger partial charge < -0.3 is 25.2 Å². The van der Waals surface area contributed by atoms with Crippen molar-refractivity contribution >= 4 is 47.4 Å². The van der Waals surface area contributed by atoms with Crippen molar-refractivity contribution in [1.29, 1.82) is 0 Å². The zero-order chi connectivity index (χ0) is 17.6. The maximum Gasteiger partial charge on any atom is 0.191 e. The van der Waals surface area contributed by atoms with Crippen LogP contribution in [0.2, 0.25) is 5.02 Å². The predicted octanol–water partition coefficient (Wildman–Crippen LogP) is 1.43. The Kier molecular flexibility index (Phi) is 8.65. The van der Waals surface area contributed by atoms with Gasteiger partial charge >= 0.3 is 0 Å². The van der Waals surface area contributed by atoms with Gasteiger partial charge in [-0.15, -0.1) is 24.0 Å². The first-order valence-electron chi connectivity index (χ1n) is 8.78. The van der Waals surface area contributed by atoms with E-state index in [1.54, 1.807) is 13.2 Å². The Labute approximate surface area is 177 Å². The number of pyridine rings is 1. The monoisotopic (exact) mass is 494 g/mol. The molecule has 1 aromatic rings. The molecule has 2 N–H and O–H groups in total. The third-order valence-corrected chi connectivity index (χ3v) is 4.93. The van der Waals surface area contributed by atoms with Crippen LogP contribution in [0.1, 0.15) is 6.42 Å². The van der Waals surface area contributed by atoms with E-state index in [2.05, 4.69) is 37.5 Å². The van der Waals surface area contributed by atoms with Crippen LogP contribution in [0.15, 0.2) is 23.3 Å². The van der Waals surface area contributed by atoms with Gasteiger partial charge in [-0.05, 0) is 25.6 Å². The zero-order valence-electron chi connectivity index (χ0n) is 15.3. The van der Waals surface area contributed by atoms with Crippen LogP contribution in [0.4, 0.5) is 5.82 Å². The lowest BCUT2D eigenvalue weighted by Crippen LogP contribution is -2.50. The Balaban J connectivity index is 0.00000243. The molecule has 7 nitrogen and oxygen atoms in total. The predicted molar refractivity (Wildman–Crippen MR) is 117 cm³/mol. The fraction of sp³-hybridized carbons (Fsp3) is 0.647. The van der Waals surface area contributed by atoms with Gasteiger partial charge in [0.2, 0.25) is 0 Å². The quantitative estimate of drug-likeness (QED) is 0.375. The number of hydrogen-bond acceptors (Lipinski definition) is 5. The fourth-order valence-corrected chi connectivity index (χ4v) is 3.51. The molecule has 2 saturated heterocycles. The maximum absolute atomic E-state index is 6.25. The molecule has 0 amide bonds. The number of likely N-dealkylation sites (N-methyl/N-ethyl adjacent to an activating group) is 1. The molecule has 2 atom stereocenters. The third-order valence-electron chi connectivity index (χ3n) is 4.63. The summed E-state index contributed by atoms with van der Waals surface area (Å²) in [6.45, 7) is 5.28. The summed E-state index contributed by atoms with van der Waals surface area (Å²) in [5, 5.41) is 7.57. The Bertz CT molecular complexity index is 604. The number of aliphatic imine (C=N–C) groups is 1. The summed E-state index contributed by atoms with van der Waals surface area (Å²) in [5.41, 5.74) is 0. The number of anilines is 1. The number of guanidine groups is 1. The number of ether oxygens (including phenoxy) is 1. The van der Waals surface area contributed by atoms with E-state index in [4.69, 9.17) is 16.3 Å². The standard InChI is InChI=1S/C17H27ClN6O.HI/c1-19-17(21-10-14-12-23(2)8-9-25-14)22-13-5-7-24(11-13)16-15(18)4-3-6-20-16;/h3-4,6,13-14H,5,7-12H2,1-2H3,(H2,19,21,22);1H. The molecule has 0 saturated carbocycles. The number of rotatable bonds is 4. The minimum Gasteiger partial charge on any atom is -0.374 e. The zero-order valence-corrected chi connectivity index (χ0v) is 18.4. The molecular weight excluding hydrogens is 467 g/mol. The summed E-state index contributed by atoms with van der Waals surface area (Å²) in [7, 11) is 3.92. The van der Waals surface area contributed by atoms with Gasteiger partial charge in [0.25, 0.3) is 0 Å². The highest BCUT2D eigenvalue weighted by Gasteiger charge is 2.26. The smallest absolute Gasteiger partial charge is 0.191 e. The molecule has 1 aromatic heterocycles. The van der Waals surface area contributed by atoms with Crippen molar-refractivity contribution in [3.05, 3.63) is 23.4 Å². The molecule has 3 rings (SSSR count). The molecular formula is C17H28ClIN6O. The van der Waals surface area contributed by atoms with Crippen molar-refractivity contribution in [3.8, 4) is 0 Å². The second kappa shape index (κ2) is 10.5. The van der Waals surface area contributed by atoms with Gasteiger partial charge in [-0.3, -0.25) is 4.99 Å².